The number of thioether (sulfide) groups is 1. The molecule has 6 N–H and O–H groups in total. The molecule has 23 heteroatoms. The highest BCUT2D eigenvalue weighted by atomic mass is 32.2. The molecular formula is C20H32N2O18P2S-2. The van der Waals surface area contributed by atoms with Crippen LogP contribution in [0.2, 0.25) is 0 Å². The number of aromatic nitrogens is 2. The molecule has 0 amide bonds. The van der Waals surface area contributed by atoms with Crippen molar-refractivity contribution >= 4 is 27.4 Å². The lowest BCUT2D eigenvalue weighted by atomic mass is 10.0. The van der Waals surface area contributed by atoms with Gasteiger partial charge in [0.05, 0.1) is 32.5 Å². The summed E-state index contributed by atoms with van der Waals surface area (Å²) in [6, 6.07) is 0.924. The first-order valence-electron chi connectivity index (χ1n) is 12.5. The van der Waals surface area contributed by atoms with Gasteiger partial charge in [-0.05, 0) is 0 Å². The van der Waals surface area contributed by atoms with Crippen LogP contribution in [0.15, 0.2) is 21.9 Å². The number of aliphatic hydroxyl groups excluding tert-OH is 5. The average molecular weight is 682 g/mol. The topological polar surface area (TPSA) is 301 Å². The Labute approximate surface area is 247 Å². The first kappa shape index (κ1) is 36.4. The number of phosphoric acid groups is 2. The zero-order valence-electron chi connectivity index (χ0n) is 22.4. The Hall–Kier alpha value is -1.07. The van der Waals surface area contributed by atoms with Gasteiger partial charge in [-0.1, -0.05) is 0 Å². The third kappa shape index (κ3) is 10.2. The summed E-state index contributed by atoms with van der Waals surface area (Å²) in [6.45, 7) is -0.0626. The van der Waals surface area contributed by atoms with Gasteiger partial charge < -0.3 is 58.8 Å². The van der Waals surface area contributed by atoms with Crippen molar-refractivity contribution in [3.05, 3.63) is 33.1 Å². The largest absolute Gasteiger partial charge is 0.756 e. The Morgan fingerprint density at radius 1 is 0.953 bits per heavy atom. The van der Waals surface area contributed by atoms with Gasteiger partial charge in [0.25, 0.3) is 21.2 Å². The first-order valence-corrected chi connectivity index (χ1v) is 16.6. The normalized spacial score (nSPS) is 34.1. The summed E-state index contributed by atoms with van der Waals surface area (Å²) in [5.41, 5.74) is -1.77. The lowest BCUT2D eigenvalue weighted by Crippen LogP contribution is -2.58. The summed E-state index contributed by atoms with van der Waals surface area (Å²) in [7, 11) is -10.2. The van der Waals surface area contributed by atoms with E-state index in [4.69, 9.17) is 18.9 Å². The maximum atomic E-state index is 12.3. The van der Waals surface area contributed by atoms with Crippen molar-refractivity contribution < 1.29 is 76.8 Å². The van der Waals surface area contributed by atoms with E-state index in [2.05, 4.69) is 13.4 Å². The van der Waals surface area contributed by atoms with Gasteiger partial charge in [-0.25, -0.2) is 9.11 Å². The van der Waals surface area contributed by atoms with E-state index in [1.54, 1.807) is 0 Å². The van der Waals surface area contributed by atoms with Crippen LogP contribution in [0, 0.1) is 0 Å². The minimum Gasteiger partial charge on any atom is -0.756 e. The maximum Gasteiger partial charge on any atom is 0.330 e. The Balaban J connectivity index is 1.54. The van der Waals surface area contributed by atoms with Crippen LogP contribution in [0.3, 0.4) is 0 Å². The molecule has 0 aromatic carbocycles. The second-order valence-corrected chi connectivity index (χ2v) is 13.2. The van der Waals surface area contributed by atoms with Gasteiger partial charge >= 0.3 is 5.69 Å². The standard InChI is InChI=1S/C20H34N2O18P2S/c1-34-4-5-35-6-7-43-9-11-14(25)15(26)17(28)19(38-11)39-42(32,33)40-41(30,31)36-8-10-13(24)16(27)18(37-10)22-3-2-12(23)21-20(22)29/h2-3,10-11,13-19,24-28H,4-9H2,1H3,(H,30,31)(H,32,33)(H,21,23,29)/p-2/t10?,11?,13-,14+,15+,16-,17?,18?,19+/m1/s1. The summed E-state index contributed by atoms with van der Waals surface area (Å²) in [6.07, 6.45) is -15.0. The van der Waals surface area contributed by atoms with E-state index < -0.39 is 88.7 Å². The second kappa shape index (κ2) is 16.0. The number of nitrogens with zero attached hydrogens (tertiary/aromatic N) is 1. The number of hydrogen-bond donors (Lipinski definition) is 6. The number of nitrogens with one attached hydrogen (secondary N) is 1. The van der Waals surface area contributed by atoms with Gasteiger partial charge in [-0.2, -0.15) is 11.8 Å². The first-order chi connectivity index (χ1) is 20.2. The molecule has 2 saturated heterocycles. The van der Waals surface area contributed by atoms with Gasteiger partial charge in [0.15, 0.2) is 12.5 Å². The Bertz CT molecular complexity index is 1250. The number of H-pyrrole nitrogens is 1. The molecule has 20 nitrogen and oxygen atoms in total. The smallest absolute Gasteiger partial charge is 0.330 e. The highest BCUT2D eigenvalue weighted by molar-refractivity contribution is 7.99. The predicted octanol–water partition coefficient (Wildman–Crippen LogP) is -4.65. The van der Waals surface area contributed by atoms with Crippen LogP contribution in [-0.2, 0) is 41.4 Å². The molecule has 2 aliphatic heterocycles. The third-order valence-electron chi connectivity index (χ3n) is 6.05. The second-order valence-electron chi connectivity index (χ2n) is 9.14. The molecule has 0 bridgehead atoms. The molecule has 3 rings (SSSR count). The van der Waals surface area contributed by atoms with Gasteiger partial charge in [0, 0.05) is 30.9 Å². The number of rotatable bonds is 16. The summed E-state index contributed by atoms with van der Waals surface area (Å²) in [5, 5.41) is 50.8. The van der Waals surface area contributed by atoms with Crippen LogP contribution < -0.4 is 21.0 Å². The number of ether oxygens (including phenoxy) is 4. The van der Waals surface area contributed by atoms with Crippen LogP contribution in [0.25, 0.3) is 0 Å². The van der Waals surface area contributed by atoms with Crippen molar-refractivity contribution in [2.45, 2.75) is 55.2 Å². The lowest BCUT2D eigenvalue weighted by Gasteiger charge is -2.42. The maximum absolute atomic E-state index is 12.3. The minimum absolute atomic E-state index is 0.00658. The third-order valence-corrected chi connectivity index (χ3v) is 9.60. The van der Waals surface area contributed by atoms with Crippen LogP contribution >= 0.6 is 27.4 Å². The minimum atomic E-state index is -5.90. The molecule has 1 aromatic heterocycles. The number of aromatic amines is 1. The van der Waals surface area contributed by atoms with E-state index in [9.17, 15) is 54.0 Å². The van der Waals surface area contributed by atoms with Crippen LogP contribution in [0.1, 0.15) is 6.23 Å². The Morgan fingerprint density at radius 3 is 2.33 bits per heavy atom. The fraction of sp³-hybridized carbons (Fsp3) is 0.800. The molecule has 3 heterocycles. The SMILES string of the molecule is COCCOCCSCC1O[C@@H](OP(=O)([O-])OP(=O)([O-])OCC2OC(n3ccc(=O)[nH]c3=O)[C@H](O)[C@@H]2O)C(O)[C@@H](O)[C@H]1O. The van der Waals surface area contributed by atoms with Gasteiger partial charge in [0.2, 0.25) is 0 Å². The molecule has 0 spiro atoms. The molecule has 0 aliphatic carbocycles. The molecule has 43 heavy (non-hydrogen) atoms. The summed E-state index contributed by atoms with van der Waals surface area (Å²) in [5.74, 6) is 0.409. The van der Waals surface area contributed by atoms with Crippen LogP contribution in [-0.4, -0.2) is 129 Å². The van der Waals surface area contributed by atoms with Crippen LogP contribution in [0.4, 0.5) is 0 Å². The molecule has 2 fully saturated rings. The van der Waals surface area contributed by atoms with E-state index in [-0.39, 0.29) is 5.75 Å². The molecular weight excluding hydrogens is 650 g/mol. The predicted molar refractivity (Wildman–Crippen MR) is 137 cm³/mol. The van der Waals surface area contributed by atoms with E-state index in [1.165, 1.54) is 18.9 Å². The zero-order chi connectivity index (χ0) is 31.9. The van der Waals surface area contributed by atoms with Crippen molar-refractivity contribution in [2.75, 3.05) is 45.0 Å². The van der Waals surface area contributed by atoms with Crippen molar-refractivity contribution in [3.8, 4) is 0 Å². The van der Waals surface area contributed by atoms with Crippen molar-refractivity contribution in [1.82, 2.24) is 9.55 Å². The Kier molecular flexibility index (Phi) is 13.5. The monoisotopic (exact) mass is 682 g/mol. The van der Waals surface area contributed by atoms with Gasteiger partial charge in [-0.15, -0.1) is 0 Å². The van der Waals surface area contributed by atoms with Gasteiger partial charge in [-0.3, -0.25) is 28.0 Å². The van der Waals surface area contributed by atoms with Gasteiger partial charge in [0.1, 0.15) is 36.6 Å². The highest BCUT2D eigenvalue weighted by Gasteiger charge is 2.47. The molecule has 1 aromatic rings. The summed E-state index contributed by atoms with van der Waals surface area (Å²) >= 11 is 1.20. The molecule has 248 valence electrons. The van der Waals surface area contributed by atoms with Crippen molar-refractivity contribution in [1.29, 1.82) is 0 Å². The number of methoxy groups -OCH3 is 1. The summed E-state index contributed by atoms with van der Waals surface area (Å²) in [4.78, 5) is 49.7. The van der Waals surface area contributed by atoms with E-state index in [0.29, 0.717) is 30.1 Å². The molecule has 6 unspecified atom stereocenters. The fourth-order valence-electron chi connectivity index (χ4n) is 3.88. The zero-order valence-corrected chi connectivity index (χ0v) is 25.0. The molecule has 0 saturated carbocycles. The van der Waals surface area contributed by atoms with E-state index in [1.807, 2.05) is 4.98 Å². The number of hydrogen-bond acceptors (Lipinski definition) is 19. The van der Waals surface area contributed by atoms with Crippen LogP contribution in [0.5, 0.6) is 0 Å². The molecule has 2 aliphatic rings. The highest BCUT2D eigenvalue weighted by Crippen LogP contribution is 2.57. The number of aliphatic hydroxyl groups is 5. The molecule has 11 atom stereocenters. The summed E-state index contributed by atoms with van der Waals surface area (Å²) < 4.78 is 58.8. The fourth-order valence-corrected chi connectivity index (χ4v) is 6.88. The molecule has 0 radical (unpaired) electrons. The Morgan fingerprint density at radius 2 is 1.65 bits per heavy atom. The van der Waals surface area contributed by atoms with Crippen molar-refractivity contribution in [3.63, 3.8) is 0 Å². The quantitative estimate of drug-likeness (QED) is 0.0705. The van der Waals surface area contributed by atoms with E-state index >= 15 is 0 Å². The van der Waals surface area contributed by atoms with E-state index in [0.717, 1.165) is 12.3 Å². The lowest BCUT2D eigenvalue weighted by molar-refractivity contribution is -0.298. The average Bonchev–Trinajstić information content (AvgIpc) is 3.20. The van der Waals surface area contributed by atoms with Crippen molar-refractivity contribution in [2.24, 2.45) is 0 Å². The number of phosphoric ester groups is 2.